The zero-order chi connectivity index (χ0) is 28.8. The van der Waals surface area contributed by atoms with Crippen LogP contribution < -0.4 is 10.6 Å². The van der Waals surface area contributed by atoms with Crippen molar-refractivity contribution in [2.75, 3.05) is 5.32 Å². The van der Waals surface area contributed by atoms with E-state index in [1.807, 2.05) is 6.07 Å². The molecule has 2 heterocycles. The van der Waals surface area contributed by atoms with Crippen molar-refractivity contribution in [3.05, 3.63) is 117 Å². The van der Waals surface area contributed by atoms with E-state index in [-0.39, 0.29) is 45.6 Å². The van der Waals surface area contributed by atoms with Crippen molar-refractivity contribution in [1.82, 2.24) is 15.1 Å². The summed E-state index contributed by atoms with van der Waals surface area (Å²) in [5.74, 6) is -3.58. The minimum Gasteiger partial charge on any atom is -0.341 e. The molecule has 1 aliphatic heterocycles. The molecule has 7 nitrogen and oxygen atoms in total. The average Bonchev–Trinajstić information content (AvgIpc) is 3.48. The molecule has 4 aromatic rings. The summed E-state index contributed by atoms with van der Waals surface area (Å²) in [5.41, 5.74) is -0.835. The number of nitrogens with one attached hydrogen (secondary N) is 2. The van der Waals surface area contributed by atoms with Gasteiger partial charge in [0.1, 0.15) is 17.7 Å². The summed E-state index contributed by atoms with van der Waals surface area (Å²) in [7, 11) is 0. The molecule has 0 bridgehead atoms. The van der Waals surface area contributed by atoms with Crippen molar-refractivity contribution >= 4 is 29.1 Å². The first kappa shape index (κ1) is 26.8. The normalized spacial score (nSPS) is 14.4. The van der Waals surface area contributed by atoms with Gasteiger partial charge in [0, 0.05) is 39.2 Å². The Morgan fingerprint density at radius 2 is 1.90 bits per heavy atom. The first-order valence-electron chi connectivity index (χ1n) is 11.5. The van der Waals surface area contributed by atoms with Gasteiger partial charge in [-0.25, -0.2) is 8.78 Å². The van der Waals surface area contributed by atoms with Crippen LogP contribution >= 0.6 is 11.6 Å². The number of benzene rings is 3. The molecule has 1 aromatic heterocycles. The molecule has 40 heavy (non-hydrogen) atoms. The Morgan fingerprint density at radius 1 is 1.12 bits per heavy atom. The van der Waals surface area contributed by atoms with Crippen LogP contribution in [0.5, 0.6) is 0 Å². The monoisotopic (exact) mass is 571 g/mol. The molecular weight excluding hydrogens is 557 g/mol. The lowest BCUT2D eigenvalue weighted by Crippen LogP contribution is -2.21. The number of carbonyl (C=O) groups is 2. The minimum absolute atomic E-state index is 0.00772. The van der Waals surface area contributed by atoms with Crippen LogP contribution in [0, 0.1) is 23.0 Å². The van der Waals surface area contributed by atoms with E-state index < -0.39 is 46.8 Å². The van der Waals surface area contributed by atoms with Crippen LogP contribution in [0.1, 0.15) is 54.6 Å². The van der Waals surface area contributed by atoms with Gasteiger partial charge in [0.25, 0.3) is 11.8 Å². The number of nitriles is 1. The zero-order valence-electron chi connectivity index (χ0n) is 20.0. The predicted molar refractivity (Wildman–Crippen MR) is 133 cm³/mol. The highest BCUT2D eigenvalue weighted by molar-refractivity contribution is 6.31. The topological polar surface area (TPSA) is 99.8 Å². The van der Waals surface area contributed by atoms with Crippen molar-refractivity contribution in [2.24, 2.45) is 0 Å². The molecule has 1 unspecified atom stereocenters. The highest BCUT2D eigenvalue weighted by Crippen LogP contribution is 2.40. The molecule has 0 saturated carbocycles. The molecule has 5 rings (SSSR count). The number of anilines is 1. The van der Waals surface area contributed by atoms with E-state index in [9.17, 15) is 31.5 Å². The molecule has 202 valence electrons. The van der Waals surface area contributed by atoms with Gasteiger partial charge >= 0.3 is 6.18 Å². The molecule has 3 aromatic carbocycles. The van der Waals surface area contributed by atoms with Crippen molar-refractivity contribution in [3.63, 3.8) is 0 Å². The van der Waals surface area contributed by atoms with Crippen molar-refractivity contribution in [2.45, 2.75) is 18.8 Å². The molecule has 2 N–H and O–H groups in total. The molecule has 2 amide bonds. The van der Waals surface area contributed by atoms with Gasteiger partial charge in [-0.2, -0.15) is 23.5 Å². The van der Waals surface area contributed by atoms with E-state index in [1.165, 1.54) is 35.3 Å². The highest BCUT2D eigenvalue weighted by Gasteiger charge is 2.36. The Kier molecular flexibility index (Phi) is 6.77. The van der Waals surface area contributed by atoms with Gasteiger partial charge in [0.15, 0.2) is 0 Å². The molecule has 0 saturated heterocycles. The molecule has 1 aliphatic rings. The van der Waals surface area contributed by atoms with Crippen molar-refractivity contribution in [1.29, 1.82) is 5.26 Å². The van der Waals surface area contributed by atoms with Gasteiger partial charge in [-0.05, 0) is 54.1 Å². The lowest BCUT2D eigenvalue weighted by atomic mass is 9.94. The van der Waals surface area contributed by atoms with E-state index in [1.54, 1.807) is 0 Å². The lowest BCUT2D eigenvalue weighted by Gasteiger charge is -2.19. The summed E-state index contributed by atoms with van der Waals surface area (Å²) in [4.78, 5) is 26.1. The molecule has 0 spiro atoms. The minimum atomic E-state index is -4.90. The third-order valence-electron chi connectivity index (χ3n) is 6.16. The number of hydrogen-bond donors (Lipinski definition) is 2. The second-order valence-electron chi connectivity index (χ2n) is 8.90. The van der Waals surface area contributed by atoms with E-state index in [2.05, 4.69) is 15.7 Å². The van der Waals surface area contributed by atoms with Crippen LogP contribution in [-0.2, 0) is 12.7 Å². The van der Waals surface area contributed by atoms with Gasteiger partial charge in [-0.1, -0.05) is 11.6 Å². The Bertz CT molecular complexity index is 1730. The lowest BCUT2D eigenvalue weighted by molar-refractivity contribution is -0.137. The highest BCUT2D eigenvalue weighted by atomic mass is 35.5. The number of amides is 2. The smallest absolute Gasteiger partial charge is 0.341 e. The quantitative estimate of drug-likeness (QED) is 0.294. The van der Waals surface area contributed by atoms with Gasteiger partial charge in [-0.3, -0.25) is 14.3 Å². The van der Waals surface area contributed by atoms with Crippen LogP contribution in [0.15, 0.2) is 60.9 Å². The van der Waals surface area contributed by atoms with E-state index in [4.69, 9.17) is 16.9 Å². The molecule has 13 heteroatoms. The number of hydrogen-bond acceptors (Lipinski definition) is 4. The van der Waals surface area contributed by atoms with Crippen LogP contribution in [0.4, 0.5) is 27.6 Å². The van der Waals surface area contributed by atoms with Crippen molar-refractivity contribution < 1.29 is 31.5 Å². The number of rotatable bonds is 5. The third-order valence-corrected chi connectivity index (χ3v) is 6.50. The summed E-state index contributed by atoms with van der Waals surface area (Å²) >= 11 is 6.29. The molecule has 0 aliphatic carbocycles. The summed E-state index contributed by atoms with van der Waals surface area (Å²) < 4.78 is 69.3. The Morgan fingerprint density at radius 3 is 2.60 bits per heavy atom. The maximum Gasteiger partial charge on any atom is 0.416 e. The standard InChI is InChI=1S/C27H15ClF5N5O2/c28-21-2-1-17(29)8-19(21)24-23-20(26(40)37-24)3-13(11-38-12-14(9-34)10-35-38)4-22(23)36-25(39)15-5-16(27(31,32)33)7-18(30)6-15/h1-8,10,12,24H,11H2,(H,36,39)(H,37,40). The number of alkyl halides is 3. The first-order chi connectivity index (χ1) is 18.9. The fourth-order valence-electron chi connectivity index (χ4n) is 4.43. The Hall–Kier alpha value is -4.76. The van der Waals surface area contributed by atoms with Gasteiger partial charge in [0.05, 0.1) is 29.9 Å². The predicted octanol–water partition coefficient (Wildman–Crippen LogP) is 5.84. The van der Waals surface area contributed by atoms with Crippen LogP contribution in [0.3, 0.4) is 0 Å². The summed E-state index contributed by atoms with van der Waals surface area (Å²) in [5, 5.41) is 18.4. The fraction of sp³-hybridized carbons (Fsp3) is 0.111. The molecule has 1 atom stereocenters. The molecular formula is C27H15ClF5N5O2. The largest absolute Gasteiger partial charge is 0.416 e. The maximum atomic E-state index is 14.1. The van der Waals surface area contributed by atoms with Crippen LogP contribution in [-0.4, -0.2) is 21.6 Å². The SMILES string of the molecule is N#Cc1cnn(Cc2cc(NC(=O)c3cc(F)cc(C(F)(F)F)c3)c3c(c2)C(=O)NC3c2cc(F)ccc2Cl)c1. The summed E-state index contributed by atoms with van der Waals surface area (Å²) in [6.07, 6.45) is -2.13. The second kappa shape index (κ2) is 10.1. The van der Waals surface area contributed by atoms with Crippen LogP contribution in [0.25, 0.3) is 0 Å². The third kappa shape index (κ3) is 5.23. The number of carbonyl (C=O) groups excluding carboxylic acids is 2. The Labute approximate surface area is 227 Å². The van der Waals surface area contributed by atoms with E-state index in [0.717, 1.165) is 12.1 Å². The fourth-order valence-corrected chi connectivity index (χ4v) is 4.66. The molecule has 0 radical (unpaired) electrons. The van der Waals surface area contributed by atoms with E-state index in [0.29, 0.717) is 17.7 Å². The number of halogens is 6. The number of aromatic nitrogens is 2. The van der Waals surface area contributed by atoms with E-state index >= 15 is 0 Å². The number of nitrogens with zero attached hydrogens (tertiary/aromatic N) is 3. The first-order valence-corrected chi connectivity index (χ1v) is 11.8. The van der Waals surface area contributed by atoms with Gasteiger partial charge in [0.2, 0.25) is 0 Å². The van der Waals surface area contributed by atoms with Gasteiger partial charge in [-0.15, -0.1) is 0 Å². The second-order valence-corrected chi connectivity index (χ2v) is 9.30. The van der Waals surface area contributed by atoms with Crippen molar-refractivity contribution in [3.8, 4) is 6.07 Å². The average molecular weight is 572 g/mol. The maximum absolute atomic E-state index is 14.1. The van der Waals surface area contributed by atoms with Gasteiger partial charge < -0.3 is 10.6 Å². The summed E-state index contributed by atoms with van der Waals surface area (Å²) in [6, 6.07) is 8.80. The zero-order valence-corrected chi connectivity index (χ0v) is 20.7. The summed E-state index contributed by atoms with van der Waals surface area (Å²) in [6.45, 7) is 0.0503. The Balaban J connectivity index is 1.62. The molecule has 0 fully saturated rings. The number of fused-ring (bicyclic) bond motifs is 1. The van der Waals surface area contributed by atoms with Crippen LogP contribution in [0.2, 0.25) is 5.02 Å².